The Morgan fingerprint density at radius 3 is 2.58 bits per heavy atom. The van der Waals surface area contributed by atoms with Gasteiger partial charge in [0.05, 0.1) is 24.0 Å². The minimum absolute atomic E-state index is 0.00116. The predicted octanol–water partition coefficient (Wildman–Crippen LogP) is -0.423. The zero-order valence-corrected chi connectivity index (χ0v) is 27.3. The Balaban J connectivity index is 2.22. The molecule has 4 atom stereocenters. The second-order valence-corrected chi connectivity index (χ2v) is 11.9. The van der Waals surface area contributed by atoms with Crippen molar-refractivity contribution in [2.24, 2.45) is 15.4 Å². The molecule has 3 unspecified atom stereocenters. The van der Waals surface area contributed by atoms with Gasteiger partial charge >= 0.3 is 18.0 Å². The number of carboxylic acids is 2. The Morgan fingerprint density at radius 2 is 1.98 bits per heavy atom. The molecule has 22 nitrogen and oxygen atoms in total. The van der Waals surface area contributed by atoms with Crippen LogP contribution < -0.4 is 16.1 Å². The average Bonchev–Trinajstić information content (AvgIpc) is 3.54. The number of nitrogens with one attached hydrogen (secondary N) is 3. The number of thiazole rings is 1. The van der Waals surface area contributed by atoms with Crippen LogP contribution in [-0.4, -0.2) is 126 Å². The van der Waals surface area contributed by atoms with Crippen molar-refractivity contribution in [3.8, 4) is 0 Å². The second kappa shape index (κ2) is 18.4. The largest absolute Gasteiger partial charge is 0.479 e. The number of amides is 5. The van der Waals surface area contributed by atoms with Crippen molar-refractivity contribution in [2.45, 2.75) is 62.4 Å². The lowest BCUT2D eigenvalue weighted by atomic mass is 10.1. The topological polar surface area (TPSA) is 304 Å². The third-order valence-electron chi connectivity index (χ3n) is 6.04. The van der Waals surface area contributed by atoms with E-state index >= 15 is 0 Å². The molecule has 7 N–H and O–H groups in total. The Kier molecular flexibility index (Phi) is 15.1. The van der Waals surface area contributed by atoms with E-state index in [0.29, 0.717) is 17.8 Å². The van der Waals surface area contributed by atoms with Crippen LogP contribution in [-0.2, 0) is 38.6 Å². The Hall–Kier alpha value is -4.91. The van der Waals surface area contributed by atoms with Gasteiger partial charge < -0.3 is 30.5 Å². The summed E-state index contributed by atoms with van der Waals surface area (Å²) in [5.41, 5.74) is -0.587. The number of nitrogens with zero attached hydrogens (tertiary/aromatic N) is 6. The number of hydrazone groups is 1. The highest BCUT2D eigenvalue weighted by Gasteiger charge is 2.52. The highest BCUT2D eigenvalue weighted by molar-refractivity contribution is 8.01. The van der Waals surface area contributed by atoms with Crippen molar-refractivity contribution in [2.75, 3.05) is 13.2 Å². The van der Waals surface area contributed by atoms with E-state index < -0.39 is 57.9 Å². The third kappa shape index (κ3) is 10.6. The van der Waals surface area contributed by atoms with Crippen molar-refractivity contribution < 1.29 is 64.1 Å². The smallest absolute Gasteiger partial charge is 0.365 e. The molecule has 24 heteroatoms. The van der Waals surface area contributed by atoms with Crippen LogP contribution in [0.5, 0.6) is 0 Å². The molecule has 1 aromatic rings. The molecular weight excluding hydrogens is 686 g/mol. The maximum Gasteiger partial charge on any atom is 0.365 e. The van der Waals surface area contributed by atoms with E-state index in [4.69, 9.17) is 9.68 Å². The van der Waals surface area contributed by atoms with Crippen LogP contribution in [0.4, 0.5) is 4.79 Å². The molecule has 0 radical (unpaired) electrons. The number of aliphatic carboxylic acids is 2. The number of hydrogen-bond donors (Lipinski definition) is 7. The minimum Gasteiger partial charge on any atom is -0.479 e. The second-order valence-electron chi connectivity index (χ2n) is 9.84. The number of carboxylic acid groups (broad SMARTS) is 2. The molecule has 0 saturated carbocycles. The van der Waals surface area contributed by atoms with Crippen LogP contribution in [0, 0.1) is 0 Å². The molecule has 1 saturated heterocycles. The monoisotopic (exact) mass is 719 g/mol. The summed E-state index contributed by atoms with van der Waals surface area (Å²) in [6.45, 7) is 6.36. The molecule has 2 rings (SSSR count). The van der Waals surface area contributed by atoms with Crippen LogP contribution in [0.25, 0.3) is 0 Å². The van der Waals surface area contributed by atoms with Crippen molar-refractivity contribution in [3.05, 3.63) is 16.1 Å². The van der Waals surface area contributed by atoms with Gasteiger partial charge in [0, 0.05) is 11.3 Å². The number of hydroxylamine groups is 4. The number of thioether (sulfide) groups is 1. The van der Waals surface area contributed by atoms with Gasteiger partial charge in [-0.25, -0.2) is 35.1 Å². The number of hydrogen-bond acceptors (Lipinski definition) is 17. The van der Waals surface area contributed by atoms with Gasteiger partial charge in [0.25, 0.3) is 11.8 Å². The number of carbonyl (C=O) groups excluding carboxylic acids is 4. The molecule has 0 spiro atoms. The lowest BCUT2D eigenvalue weighted by Gasteiger charge is -2.43. The molecule has 1 aliphatic rings. The summed E-state index contributed by atoms with van der Waals surface area (Å²) in [6, 6.07) is -3.05. The number of carbonyl (C=O) groups is 6. The molecule has 5 amide bonds. The first-order valence-corrected chi connectivity index (χ1v) is 15.4. The van der Waals surface area contributed by atoms with Gasteiger partial charge in [-0.15, -0.1) is 21.4 Å². The van der Waals surface area contributed by atoms with Crippen LogP contribution in [0.2, 0.25) is 0 Å². The molecule has 2 heterocycles. The van der Waals surface area contributed by atoms with Gasteiger partial charge in [0.15, 0.2) is 5.71 Å². The van der Waals surface area contributed by atoms with Gasteiger partial charge in [0.1, 0.15) is 23.7 Å². The number of rotatable bonds is 20. The van der Waals surface area contributed by atoms with E-state index in [1.165, 1.54) is 30.6 Å². The summed E-state index contributed by atoms with van der Waals surface area (Å²) in [5.74, 6) is -5.40. The van der Waals surface area contributed by atoms with Gasteiger partial charge in [-0.3, -0.25) is 19.6 Å². The summed E-state index contributed by atoms with van der Waals surface area (Å²) in [6.07, 6.45) is 3.06. The maximum absolute atomic E-state index is 13.4. The summed E-state index contributed by atoms with van der Waals surface area (Å²) in [4.78, 5) is 90.2. The number of urea groups is 1. The van der Waals surface area contributed by atoms with Crippen molar-refractivity contribution >= 4 is 77.4 Å². The van der Waals surface area contributed by atoms with Crippen molar-refractivity contribution in [3.63, 3.8) is 0 Å². The molecule has 0 aromatic carbocycles. The number of aromatic nitrogens is 1. The van der Waals surface area contributed by atoms with E-state index in [-0.39, 0.29) is 46.7 Å². The average molecular weight is 720 g/mol. The highest BCUT2D eigenvalue weighted by Crippen LogP contribution is 2.33. The summed E-state index contributed by atoms with van der Waals surface area (Å²) >= 11 is 1.38. The number of β-lactam (4-membered cyclic amide) rings is 1. The van der Waals surface area contributed by atoms with Crippen molar-refractivity contribution in [1.82, 2.24) is 31.2 Å². The first-order chi connectivity index (χ1) is 22.7. The van der Waals surface area contributed by atoms with Crippen LogP contribution in [0.3, 0.4) is 0 Å². The third-order valence-corrected chi connectivity index (χ3v) is 8.51. The molecule has 1 aromatic heterocycles. The number of oxime groups is 2. The van der Waals surface area contributed by atoms with Gasteiger partial charge in [-0.1, -0.05) is 35.9 Å². The van der Waals surface area contributed by atoms with Gasteiger partial charge in [-0.05, 0) is 20.3 Å². The fraction of sp³-hybridized carbons (Fsp3) is 0.500. The van der Waals surface area contributed by atoms with Gasteiger partial charge in [0.2, 0.25) is 17.4 Å². The Labute approximate surface area is 279 Å². The molecular formula is C24H33N9O13S2. The Bertz CT molecular complexity index is 1420. The molecule has 0 aliphatic carbocycles. The van der Waals surface area contributed by atoms with Crippen molar-refractivity contribution in [1.29, 1.82) is 0 Å². The predicted molar refractivity (Wildman–Crippen MR) is 165 cm³/mol. The maximum atomic E-state index is 13.4. The molecule has 1 fully saturated rings. The molecule has 48 heavy (non-hydrogen) atoms. The summed E-state index contributed by atoms with van der Waals surface area (Å²) < 4.78 is 0. The highest BCUT2D eigenvalue weighted by atomic mass is 32.2. The van der Waals surface area contributed by atoms with Crippen LogP contribution in [0.15, 0.2) is 20.8 Å². The first-order valence-electron chi connectivity index (χ1n) is 13.6. The fourth-order valence-corrected chi connectivity index (χ4v) is 5.26. The van der Waals surface area contributed by atoms with E-state index in [2.05, 4.69) is 36.0 Å². The lowest BCUT2D eigenvalue weighted by molar-refractivity contribution is -0.373. The van der Waals surface area contributed by atoms with E-state index in [9.17, 15) is 49.4 Å². The Morgan fingerprint density at radius 1 is 1.27 bits per heavy atom. The van der Waals surface area contributed by atoms with Gasteiger partial charge in [-0.2, -0.15) is 5.10 Å². The summed E-state index contributed by atoms with van der Waals surface area (Å²) in [5, 5.41) is 52.1. The van der Waals surface area contributed by atoms with E-state index in [1.807, 2.05) is 19.3 Å². The van der Waals surface area contributed by atoms with E-state index in [1.54, 1.807) is 0 Å². The first kappa shape index (κ1) is 39.3. The minimum atomic E-state index is -2.15. The van der Waals surface area contributed by atoms with E-state index in [0.717, 1.165) is 12.4 Å². The van der Waals surface area contributed by atoms with Crippen LogP contribution in [0.1, 0.15) is 50.7 Å². The SMILES string of the molecule is CCC(C)c1nc(/C(=N/OC(C)(C)C(=O)O)C(=O)N[C@@H]2C(=O)N(O)C2SC(C(=O)O)N(OO)C(=O)N/N=C/C=N/OCCNC=O)cs1. The zero-order chi connectivity index (χ0) is 36.0. The molecule has 0 bridgehead atoms. The lowest BCUT2D eigenvalue weighted by Crippen LogP contribution is -2.69. The molecule has 1 aliphatic heterocycles. The quantitative estimate of drug-likeness (QED) is 0.0132. The fourth-order valence-electron chi connectivity index (χ4n) is 3.12. The van der Waals surface area contributed by atoms with Crippen LogP contribution >= 0.6 is 23.1 Å². The molecule has 264 valence electrons. The normalized spacial score (nSPS) is 17.8. The zero-order valence-electron chi connectivity index (χ0n) is 25.7. The summed E-state index contributed by atoms with van der Waals surface area (Å²) in [7, 11) is 0. The standard InChI is InChI=1S/C24H33N9O13S2/c1-5-12(2)17-28-13(10-47-17)14(31-45-24(3,4)22(39)40)16(35)29-15-18(36)32(42)19(15)48-20(21(37)38)33(46-43)23(41)30-26-6-7-27-44-9-8-25-11-34/h6-7,10-12,15,19-20,42-43H,5,8-9H2,1-4H3,(H,25,34)(H,29,35)(H,30,41)(H,37,38)(H,39,40)/b26-6+,27-7+,31-14-/t12?,15-,19?,20?/m1/s1.